The van der Waals surface area contributed by atoms with Crippen molar-refractivity contribution in [2.45, 2.75) is 0 Å². The number of benzene rings is 1. The van der Waals surface area contributed by atoms with E-state index in [0.29, 0.717) is 5.82 Å². The zero-order valence-electron chi connectivity index (χ0n) is 8.84. The van der Waals surface area contributed by atoms with Crippen LogP contribution in [0.5, 0.6) is 0 Å². The Morgan fingerprint density at radius 2 is 1.88 bits per heavy atom. The van der Waals surface area contributed by atoms with Gasteiger partial charge in [-0.25, -0.2) is 4.90 Å². The van der Waals surface area contributed by atoms with Crippen LogP contribution in [0.15, 0.2) is 24.3 Å². The number of H-pyrrole nitrogens is 1. The first-order valence-corrected chi connectivity index (χ1v) is 5.14. The number of anilines is 1. The topological polar surface area (TPSA) is 75.3 Å². The van der Waals surface area contributed by atoms with Gasteiger partial charge in [-0.05, 0) is 12.1 Å². The van der Waals surface area contributed by atoms with Crippen molar-refractivity contribution in [3.05, 3.63) is 24.3 Å². The van der Waals surface area contributed by atoms with Crippen LogP contribution in [-0.2, 0) is 14.3 Å². The monoisotopic (exact) mass is 231 g/mol. The summed E-state index contributed by atoms with van der Waals surface area (Å²) in [6.07, 6.45) is 0. The van der Waals surface area contributed by atoms with E-state index in [1.807, 2.05) is 24.3 Å². The highest BCUT2D eigenvalue weighted by molar-refractivity contribution is 6.19. The maximum Gasteiger partial charge on any atom is 0.261 e. The van der Waals surface area contributed by atoms with E-state index in [0.717, 1.165) is 15.8 Å². The Labute approximate surface area is 96.2 Å². The van der Waals surface area contributed by atoms with Crippen molar-refractivity contribution in [2.24, 2.45) is 0 Å². The number of morpholine rings is 1. The van der Waals surface area contributed by atoms with Gasteiger partial charge in [-0.2, -0.15) is 5.10 Å². The predicted molar refractivity (Wildman–Crippen MR) is 59.4 cm³/mol. The fraction of sp³-hybridized carbons (Fsp3) is 0.182. The molecule has 0 saturated carbocycles. The lowest BCUT2D eigenvalue weighted by molar-refractivity contribution is -0.138. The molecule has 2 aromatic rings. The molecule has 2 heterocycles. The number of carbonyl (C=O) groups is 2. The summed E-state index contributed by atoms with van der Waals surface area (Å²) in [6.45, 7) is -0.181. The van der Waals surface area contributed by atoms with Crippen LogP contribution in [0.3, 0.4) is 0 Å². The molecule has 0 atom stereocenters. The molecule has 0 spiro atoms. The highest BCUT2D eigenvalue weighted by Gasteiger charge is 2.31. The van der Waals surface area contributed by atoms with Gasteiger partial charge in [-0.3, -0.25) is 14.7 Å². The molecule has 1 aromatic carbocycles. The number of nitrogens with one attached hydrogen (secondary N) is 1. The summed E-state index contributed by atoms with van der Waals surface area (Å²) in [6, 6.07) is 7.33. The second-order valence-corrected chi connectivity index (χ2v) is 3.71. The number of aromatic amines is 1. The van der Waals surface area contributed by atoms with Crippen LogP contribution < -0.4 is 4.90 Å². The number of hydrogen-bond acceptors (Lipinski definition) is 4. The van der Waals surface area contributed by atoms with E-state index in [1.165, 1.54) is 0 Å². The number of ether oxygens (including phenoxy) is 1. The molecular formula is C11H9N3O3. The van der Waals surface area contributed by atoms with Crippen LogP contribution in [0.4, 0.5) is 5.82 Å². The molecule has 1 fully saturated rings. The van der Waals surface area contributed by atoms with Crippen LogP contribution in [0.25, 0.3) is 10.9 Å². The number of carbonyl (C=O) groups excluding carboxylic acids is 2. The smallest absolute Gasteiger partial charge is 0.261 e. The molecule has 0 radical (unpaired) electrons. The molecule has 3 rings (SSSR count). The zero-order valence-corrected chi connectivity index (χ0v) is 8.84. The Hall–Kier alpha value is -2.21. The van der Waals surface area contributed by atoms with E-state index in [4.69, 9.17) is 4.74 Å². The number of imide groups is 1. The second-order valence-electron chi connectivity index (χ2n) is 3.71. The molecule has 0 aliphatic carbocycles. The van der Waals surface area contributed by atoms with Crippen molar-refractivity contribution in [2.75, 3.05) is 18.1 Å². The third-order valence-electron chi connectivity index (χ3n) is 2.61. The molecular weight excluding hydrogens is 222 g/mol. The molecule has 6 nitrogen and oxygen atoms in total. The van der Waals surface area contributed by atoms with E-state index >= 15 is 0 Å². The Morgan fingerprint density at radius 1 is 1.18 bits per heavy atom. The van der Waals surface area contributed by atoms with Crippen LogP contribution in [0.1, 0.15) is 0 Å². The number of rotatable bonds is 1. The minimum Gasteiger partial charge on any atom is -0.362 e. The van der Waals surface area contributed by atoms with E-state index < -0.39 is 11.8 Å². The van der Waals surface area contributed by atoms with E-state index in [9.17, 15) is 9.59 Å². The van der Waals surface area contributed by atoms with Gasteiger partial charge < -0.3 is 4.74 Å². The third-order valence-corrected chi connectivity index (χ3v) is 2.61. The van der Waals surface area contributed by atoms with E-state index in [1.54, 1.807) is 0 Å². The largest absolute Gasteiger partial charge is 0.362 e. The molecule has 0 bridgehead atoms. The predicted octanol–water partition coefficient (Wildman–Crippen LogP) is 0.453. The van der Waals surface area contributed by atoms with Gasteiger partial charge >= 0.3 is 0 Å². The van der Waals surface area contributed by atoms with E-state index in [-0.39, 0.29) is 13.2 Å². The average Bonchev–Trinajstić information content (AvgIpc) is 2.73. The minimum absolute atomic E-state index is 0.0904. The Bertz CT molecular complexity index is 589. The molecule has 86 valence electrons. The average molecular weight is 231 g/mol. The summed E-state index contributed by atoms with van der Waals surface area (Å²) in [4.78, 5) is 24.4. The van der Waals surface area contributed by atoms with Crippen molar-refractivity contribution in [1.29, 1.82) is 0 Å². The van der Waals surface area contributed by atoms with Gasteiger partial charge in [0.1, 0.15) is 13.2 Å². The number of fused-ring (bicyclic) bond motifs is 1. The summed E-state index contributed by atoms with van der Waals surface area (Å²) >= 11 is 0. The molecule has 1 N–H and O–H groups in total. The lowest BCUT2D eigenvalue weighted by Gasteiger charge is -2.22. The molecule has 1 aliphatic heterocycles. The Kier molecular flexibility index (Phi) is 2.15. The van der Waals surface area contributed by atoms with Crippen molar-refractivity contribution < 1.29 is 14.3 Å². The molecule has 0 unspecified atom stereocenters. The maximum absolute atomic E-state index is 11.7. The summed E-state index contributed by atoms with van der Waals surface area (Å²) in [5.41, 5.74) is 0.787. The standard InChI is InChI=1S/C11H9N3O3/c15-9-5-17-6-10(16)14(9)11-7-3-1-2-4-8(7)12-13-11/h1-4H,5-6H2,(H,12,13). The van der Waals surface area contributed by atoms with Crippen molar-refractivity contribution >= 4 is 28.5 Å². The van der Waals surface area contributed by atoms with Crippen molar-refractivity contribution in [1.82, 2.24) is 10.2 Å². The first kappa shape index (κ1) is 9.98. The van der Waals surface area contributed by atoms with Gasteiger partial charge in [0.2, 0.25) is 0 Å². The lowest BCUT2D eigenvalue weighted by Crippen LogP contribution is -2.46. The number of nitrogens with zero attached hydrogens (tertiary/aromatic N) is 2. The first-order chi connectivity index (χ1) is 8.27. The third kappa shape index (κ3) is 1.50. The molecule has 1 aliphatic rings. The second kappa shape index (κ2) is 3.67. The zero-order chi connectivity index (χ0) is 11.8. The number of para-hydroxylation sites is 1. The number of amides is 2. The highest BCUT2D eigenvalue weighted by atomic mass is 16.5. The molecule has 1 saturated heterocycles. The summed E-state index contributed by atoms with van der Waals surface area (Å²) < 4.78 is 4.86. The van der Waals surface area contributed by atoms with Crippen molar-refractivity contribution in [3.63, 3.8) is 0 Å². The van der Waals surface area contributed by atoms with Crippen LogP contribution in [0, 0.1) is 0 Å². The van der Waals surface area contributed by atoms with Gasteiger partial charge in [0.25, 0.3) is 11.8 Å². The van der Waals surface area contributed by atoms with Crippen LogP contribution >= 0.6 is 0 Å². The summed E-state index contributed by atoms with van der Waals surface area (Å²) in [7, 11) is 0. The lowest BCUT2D eigenvalue weighted by atomic mass is 10.2. The van der Waals surface area contributed by atoms with Gasteiger partial charge in [-0.15, -0.1) is 0 Å². The minimum atomic E-state index is -0.390. The van der Waals surface area contributed by atoms with Crippen molar-refractivity contribution in [3.8, 4) is 0 Å². The van der Waals surface area contributed by atoms with Gasteiger partial charge in [0, 0.05) is 5.39 Å². The molecule has 17 heavy (non-hydrogen) atoms. The maximum atomic E-state index is 11.7. The molecule has 1 aromatic heterocycles. The normalized spacial score (nSPS) is 16.8. The molecule has 6 heteroatoms. The van der Waals surface area contributed by atoms with Crippen LogP contribution in [-0.4, -0.2) is 35.2 Å². The summed E-state index contributed by atoms with van der Waals surface area (Å²) in [5.74, 6) is -0.434. The highest BCUT2D eigenvalue weighted by Crippen LogP contribution is 2.24. The van der Waals surface area contributed by atoms with Crippen LogP contribution in [0.2, 0.25) is 0 Å². The molecule has 2 amide bonds. The first-order valence-electron chi connectivity index (χ1n) is 5.14. The fourth-order valence-electron chi connectivity index (χ4n) is 1.85. The number of aromatic nitrogens is 2. The fourth-order valence-corrected chi connectivity index (χ4v) is 1.85. The SMILES string of the molecule is O=C1COCC(=O)N1c1n[nH]c2ccccc12. The van der Waals surface area contributed by atoms with Gasteiger partial charge in [-0.1, -0.05) is 12.1 Å². The van der Waals surface area contributed by atoms with Gasteiger partial charge in [0.15, 0.2) is 5.82 Å². The van der Waals surface area contributed by atoms with E-state index in [2.05, 4.69) is 10.2 Å². The quantitative estimate of drug-likeness (QED) is 0.723. The Morgan fingerprint density at radius 3 is 2.65 bits per heavy atom. The number of hydrogen-bond donors (Lipinski definition) is 1. The Balaban J connectivity index is 2.14. The summed E-state index contributed by atoms with van der Waals surface area (Å²) in [5, 5.41) is 7.56. The van der Waals surface area contributed by atoms with Gasteiger partial charge in [0.05, 0.1) is 5.52 Å².